The van der Waals surface area contributed by atoms with Crippen molar-refractivity contribution < 1.29 is 18.9 Å². The van der Waals surface area contributed by atoms with Crippen LogP contribution in [0, 0.1) is 0 Å². The molecule has 0 aliphatic carbocycles. The number of hydrogen-bond acceptors (Lipinski definition) is 5. The summed E-state index contributed by atoms with van der Waals surface area (Å²) in [6.45, 7) is 6.54. The smallest absolute Gasteiger partial charge is 0.193 e. The summed E-state index contributed by atoms with van der Waals surface area (Å²) in [5.74, 6) is 0.949. The summed E-state index contributed by atoms with van der Waals surface area (Å²) < 4.78 is 23.0. The maximum absolute atomic E-state index is 5.91. The molecule has 0 aromatic heterocycles. The minimum Gasteiger partial charge on any atom is -0.379 e. The fourth-order valence-corrected chi connectivity index (χ4v) is 3.69. The average Bonchev–Trinajstić information content (AvgIpc) is 3.35. The molecule has 0 aromatic carbocycles. The summed E-state index contributed by atoms with van der Waals surface area (Å²) >= 11 is 0. The second-order valence-corrected chi connectivity index (χ2v) is 6.94. The van der Waals surface area contributed by atoms with Crippen LogP contribution in [0.4, 0.5) is 0 Å². The monoisotopic (exact) mass is 355 g/mol. The zero-order valence-electron chi connectivity index (χ0n) is 15.5. The lowest BCUT2D eigenvalue weighted by atomic mass is 10.1. The van der Waals surface area contributed by atoms with Gasteiger partial charge in [-0.2, -0.15) is 0 Å². The van der Waals surface area contributed by atoms with E-state index < -0.39 is 0 Å². The number of guanidine groups is 1. The second kappa shape index (κ2) is 10.3. The Kier molecular flexibility index (Phi) is 7.79. The van der Waals surface area contributed by atoms with Crippen molar-refractivity contribution in [2.24, 2.45) is 4.99 Å². The van der Waals surface area contributed by atoms with E-state index in [-0.39, 0.29) is 12.2 Å². The molecule has 3 rings (SSSR count). The molecule has 3 unspecified atom stereocenters. The fraction of sp³-hybridized carbons (Fsp3) is 0.944. The van der Waals surface area contributed by atoms with Gasteiger partial charge in [0.1, 0.15) is 6.10 Å². The van der Waals surface area contributed by atoms with Crippen molar-refractivity contribution in [3.05, 3.63) is 0 Å². The molecule has 7 heteroatoms. The molecular formula is C18H33N3O4. The summed E-state index contributed by atoms with van der Waals surface area (Å²) in [5.41, 5.74) is 0. The van der Waals surface area contributed by atoms with Gasteiger partial charge in [-0.1, -0.05) is 0 Å². The number of ether oxygens (including phenoxy) is 4. The standard InChI is InChI=1S/C18H33N3O4/c1-19-18(20-7-4-9-22-14-15-5-2-10-23-15)21-8-12-25-17(13-21)16-6-3-11-24-16/h15-17H,2-14H2,1H3,(H,19,20). The largest absolute Gasteiger partial charge is 0.379 e. The van der Waals surface area contributed by atoms with Gasteiger partial charge in [0.05, 0.1) is 25.4 Å². The molecule has 3 atom stereocenters. The maximum Gasteiger partial charge on any atom is 0.193 e. The van der Waals surface area contributed by atoms with Crippen LogP contribution in [0.5, 0.6) is 0 Å². The lowest BCUT2D eigenvalue weighted by Crippen LogP contribution is -2.53. The Labute approximate surface area is 151 Å². The van der Waals surface area contributed by atoms with Crippen LogP contribution in [0.3, 0.4) is 0 Å². The third-order valence-electron chi connectivity index (χ3n) is 5.06. The van der Waals surface area contributed by atoms with Crippen LogP contribution in [0.25, 0.3) is 0 Å². The summed E-state index contributed by atoms with van der Waals surface area (Å²) in [5, 5.41) is 3.45. The Balaban J connectivity index is 1.31. The second-order valence-electron chi connectivity index (χ2n) is 6.94. The van der Waals surface area contributed by atoms with E-state index in [0.29, 0.717) is 6.10 Å². The molecule has 0 bridgehead atoms. The zero-order valence-corrected chi connectivity index (χ0v) is 15.5. The quantitative estimate of drug-likeness (QED) is 0.418. The van der Waals surface area contributed by atoms with E-state index in [4.69, 9.17) is 18.9 Å². The Bertz CT molecular complexity index is 409. The molecule has 25 heavy (non-hydrogen) atoms. The Morgan fingerprint density at radius 1 is 1.12 bits per heavy atom. The van der Waals surface area contributed by atoms with Crippen LogP contribution in [0.15, 0.2) is 4.99 Å². The van der Waals surface area contributed by atoms with Crippen LogP contribution in [-0.2, 0) is 18.9 Å². The van der Waals surface area contributed by atoms with Gasteiger partial charge in [0.25, 0.3) is 0 Å². The van der Waals surface area contributed by atoms with E-state index in [1.54, 1.807) is 0 Å². The number of nitrogens with zero attached hydrogens (tertiary/aromatic N) is 2. The normalized spacial score (nSPS) is 30.8. The Hall–Kier alpha value is -0.890. The third kappa shape index (κ3) is 5.81. The number of hydrogen-bond donors (Lipinski definition) is 1. The van der Waals surface area contributed by atoms with Crippen LogP contribution in [0.1, 0.15) is 32.1 Å². The number of rotatable bonds is 7. The van der Waals surface area contributed by atoms with Gasteiger partial charge in [-0.3, -0.25) is 4.99 Å². The molecule has 0 radical (unpaired) electrons. The van der Waals surface area contributed by atoms with Crippen molar-refractivity contribution in [1.29, 1.82) is 0 Å². The predicted molar refractivity (Wildman–Crippen MR) is 96.1 cm³/mol. The molecular weight excluding hydrogens is 322 g/mol. The SMILES string of the molecule is CN=C(NCCCOCC1CCCO1)N1CCOC(C2CCCO2)C1. The molecule has 3 saturated heterocycles. The molecule has 7 nitrogen and oxygen atoms in total. The first-order valence-electron chi connectivity index (χ1n) is 9.75. The molecule has 0 amide bonds. The first kappa shape index (κ1) is 18.9. The average molecular weight is 355 g/mol. The lowest BCUT2D eigenvalue weighted by Gasteiger charge is -2.37. The van der Waals surface area contributed by atoms with Gasteiger partial charge >= 0.3 is 0 Å². The van der Waals surface area contributed by atoms with Gasteiger partial charge < -0.3 is 29.2 Å². The topological polar surface area (TPSA) is 64.6 Å². The first-order chi connectivity index (χ1) is 12.4. The van der Waals surface area contributed by atoms with Gasteiger partial charge in [0, 0.05) is 46.5 Å². The van der Waals surface area contributed by atoms with Crippen LogP contribution >= 0.6 is 0 Å². The van der Waals surface area contributed by atoms with Gasteiger partial charge in [-0.25, -0.2) is 0 Å². The zero-order chi connectivity index (χ0) is 17.3. The highest BCUT2D eigenvalue weighted by Gasteiger charge is 2.32. The molecule has 144 valence electrons. The maximum atomic E-state index is 5.91. The summed E-state index contributed by atoms with van der Waals surface area (Å²) in [7, 11) is 1.84. The van der Waals surface area contributed by atoms with Gasteiger partial charge in [-0.15, -0.1) is 0 Å². The van der Waals surface area contributed by atoms with E-state index in [1.165, 1.54) is 6.42 Å². The minimum absolute atomic E-state index is 0.157. The number of morpholine rings is 1. The highest BCUT2D eigenvalue weighted by molar-refractivity contribution is 5.80. The van der Waals surface area contributed by atoms with Crippen molar-refractivity contribution in [3.8, 4) is 0 Å². The molecule has 3 aliphatic heterocycles. The Morgan fingerprint density at radius 3 is 2.72 bits per heavy atom. The molecule has 0 saturated carbocycles. The molecule has 3 aliphatic rings. The van der Waals surface area contributed by atoms with E-state index in [9.17, 15) is 0 Å². The van der Waals surface area contributed by atoms with Crippen molar-refractivity contribution >= 4 is 5.96 Å². The van der Waals surface area contributed by atoms with E-state index in [1.807, 2.05) is 7.05 Å². The molecule has 0 aromatic rings. The summed E-state index contributed by atoms with van der Waals surface area (Å²) in [6, 6.07) is 0. The number of nitrogens with one attached hydrogen (secondary N) is 1. The van der Waals surface area contributed by atoms with E-state index in [2.05, 4.69) is 15.2 Å². The summed E-state index contributed by atoms with van der Waals surface area (Å²) in [4.78, 5) is 6.71. The van der Waals surface area contributed by atoms with Gasteiger partial charge in [0.15, 0.2) is 5.96 Å². The molecule has 3 heterocycles. The van der Waals surface area contributed by atoms with Gasteiger partial charge in [0.2, 0.25) is 0 Å². The van der Waals surface area contributed by atoms with Crippen LogP contribution < -0.4 is 5.32 Å². The fourth-order valence-electron chi connectivity index (χ4n) is 3.69. The first-order valence-corrected chi connectivity index (χ1v) is 9.75. The minimum atomic E-state index is 0.157. The van der Waals surface area contributed by atoms with E-state index >= 15 is 0 Å². The lowest BCUT2D eigenvalue weighted by molar-refractivity contribution is -0.0817. The van der Waals surface area contributed by atoms with Crippen molar-refractivity contribution in [3.63, 3.8) is 0 Å². The van der Waals surface area contributed by atoms with Crippen molar-refractivity contribution in [1.82, 2.24) is 10.2 Å². The molecule has 1 N–H and O–H groups in total. The molecule has 3 fully saturated rings. The van der Waals surface area contributed by atoms with Crippen molar-refractivity contribution in [2.75, 3.05) is 59.7 Å². The van der Waals surface area contributed by atoms with Crippen molar-refractivity contribution in [2.45, 2.75) is 50.4 Å². The highest BCUT2D eigenvalue weighted by Crippen LogP contribution is 2.21. The third-order valence-corrected chi connectivity index (χ3v) is 5.06. The Morgan fingerprint density at radius 2 is 1.96 bits per heavy atom. The molecule has 0 spiro atoms. The summed E-state index contributed by atoms with van der Waals surface area (Å²) in [6.07, 6.45) is 6.22. The van der Waals surface area contributed by atoms with Crippen LogP contribution in [-0.4, -0.2) is 88.9 Å². The number of aliphatic imine (C=N–C) groups is 1. The van der Waals surface area contributed by atoms with Crippen LogP contribution in [0.2, 0.25) is 0 Å². The predicted octanol–water partition coefficient (Wildman–Crippen LogP) is 1.03. The highest BCUT2D eigenvalue weighted by atomic mass is 16.5. The van der Waals surface area contributed by atoms with Gasteiger partial charge in [-0.05, 0) is 32.1 Å². The van der Waals surface area contributed by atoms with E-state index in [0.717, 1.165) is 84.3 Å².